The van der Waals surface area contributed by atoms with Crippen molar-refractivity contribution in [2.24, 2.45) is 0 Å². The van der Waals surface area contributed by atoms with E-state index in [9.17, 15) is 14.4 Å². The topological polar surface area (TPSA) is 75.7 Å². The Balaban J connectivity index is 2.00. The molecule has 0 aliphatic carbocycles. The predicted molar refractivity (Wildman–Crippen MR) is 118 cm³/mol. The average Bonchev–Trinajstić information content (AvgIpc) is 2.67. The van der Waals surface area contributed by atoms with E-state index in [1.165, 1.54) is 42.5 Å². The molecule has 6 nitrogen and oxygen atoms in total. The van der Waals surface area contributed by atoms with Crippen LogP contribution in [0.2, 0.25) is 20.1 Å². The van der Waals surface area contributed by atoms with Gasteiger partial charge in [0.05, 0.1) is 25.8 Å². The molecule has 1 heterocycles. The van der Waals surface area contributed by atoms with Crippen molar-refractivity contribution < 1.29 is 19.1 Å². The van der Waals surface area contributed by atoms with Crippen LogP contribution in [0.5, 0.6) is 5.75 Å². The molecule has 0 bridgehead atoms. The van der Waals surface area contributed by atoms with Crippen molar-refractivity contribution in [2.75, 3.05) is 11.5 Å². The van der Waals surface area contributed by atoms with E-state index in [4.69, 9.17) is 51.1 Å². The Hall–Kier alpha value is -2.51. The lowest BCUT2D eigenvalue weighted by Crippen LogP contribution is -2.54. The molecule has 4 amide bonds. The Bertz CT molecular complexity index is 1090. The zero-order valence-corrected chi connectivity index (χ0v) is 18.1. The Morgan fingerprint density at radius 3 is 2.23 bits per heavy atom. The molecule has 3 rings (SSSR count). The first kappa shape index (κ1) is 22.2. The number of carbonyl (C=O) groups is 3. The highest BCUT2D eigenvalue weighted by molar-refractivity contribution is 6.43. The highest BCUT2D eigenvalue weighted by Gasteiger charge is 2.37. The van der Waals surface area contributed by atoms with E-state index < -0.39 is 17.8 Å². The van der Waals surface area contributed by atoms with Crippen molar-refractivity contribution >= 4 is 76.0 Å². The fraction of sp³-hybridized carbons (Fsp3) is 0.0500. The second-order valence-electron chi connectivity index (χ2n) is 5.97. The monoisotopic (exact) mass is 484 g/mol. The van der Waals surface area contributed by atoms with Gasteiger partial charge in [0.1, 0.15) is 12.2 Å². The van der Waals surface area contributed by atoms with Crippen LogP contribution < -0.4 is 15.0 Å². The third-order valence-electron chi connectivity index (χ3n) is 3.94. The van der Waals surface area contributed by atoms with Gasteiger partial charge in [-0.2, -0.15) is 0 Å². The molecule has 0 spiro atoms. The van der Waals surface area contributed by atoms with Gasteiger partial charge in [0, 0.05) is 0 Å². The smallest absolute Gasteiger partial charge is 0.335 e. The summed E-state index contributed by atoms with van der Waals surface area (Å²) in [6.45, 7) is 3.74. The van der Waals surface area contributed by atoms with Crippen LogP contribution in [0, 0.1) is 0 Å². The largest absolute Gasteiger partial charge is 0.486 e. The van der Waals surface area contributed by atoms with Gasteiger partial charge in [0.25, 0.3) is 11.8 Å². The first-order valence-corrected chi connectivity index (χ1v) is 9.83. The molecule has 0 radical (unpaired) electrons. The van der Waals surface area contributed by atoms with Crippen LogP contribution in [0.25, 0.3) is 6.08 Å². The Labute approximate surface area is 191 Å². The summed E-state index contributed by atoms with van der Waals surface area (Å²) in [5.41, 5.74) is 0.208. The number of benzene rings is 2. The number of hydrogen-bond acceptors (Lipinski definition) is 4. The minimum absolute atomic E-state index is 0.144. The first-order chi connectivity index (χ1) is 14.2. The van der Waals surface area contributed by atoms with Crippen LogP contribution in [0.15, 0.2) is 48.6 Å². The van der Waals surface area contributed by atoms with Crippen molar-refractivity contribution in [3.8, 4) is 5.75 Å². The molecule has 0 atom stereocenters. The summed E-state index contributed by atoms with van der Waals surface area (Å²) in [5.74, 6) is -1.46. The summed E-state index contributed by atoms with van der Waals surface area (Å²) in [6.07, 6.45) is 2.80. The zero-order chi connectivity index (χ0) is 22.0. The Kier molecular flexibility index (Phi) is 6.73. The molecule has 1 fully saturated rings. The number of anilines is 1. The highest BCUT2D eigenvalue weighted by atomic mass is 35.5. The van der Waals surface area contributed by atoms with Gasteiger partial charge in [-0.15, -0.1) is 0 Å². The minimum Gasteiger partial charge on any atom is -0.486 e. The summed E-state index contributed by atoms with van der Waals surface area (Å²) in [4.78, 5) is 38.3. The van der Waals surface area contributed by atoms with Gasteiger partial charge in [0.15, 0.2) is 5.75 Å². The molecule has 0 aromatic heterocycles. The second-order valence-corrected chi connectivity index (χ2v) is 7.60. The number of barbiturate groups is 1. The summed E-state index contributed by atoms with van der Waals surface area (Å²) in [6, 6.07) is 6.23. The molecular formula is C20H12Cl4N2O4. The van der Waals surface area contributed by atoms with E-state index in [-0.39, 0.29) is 43.7 Å². The van der Waals surface area contributed by atoms with E-state index in [1.807, 2.05) is 0 Å². The van der Waals surface area contributed by atoms with Crippen molar-refractivity contribution in [2.45, 2.75) is 0 Å². The quantitative estimate of drug-likeness (QED) is 0.343. The van der Waals surface area contributed by atoms with Gasteiger partial charge < -0.3 is 4.74 Å². The summed E-state index contributed by atoms with van der Waals surface area (Å²) in [5, 5.41) is 2.86. The molecule has 1 aliphatic rings. The van der Waals surface area contributed by atoms with E-state index in [2.05, 4.69) is 11.9 Å². The molecular weight excluding hydrogens is 474 g/mol. The molecule has 2 aromatic rings. The van der Waals surface area contributed by atoms with Gasteiger partial charge in [-0.1, -0.05) is 59.1 Å². The Morgan fingerprint density at radius 2 is 1.63 bits per heavy atom. The molecule has 1 saturated heterocycles. The number of nitrogens with zero attached hydrogens (tertiary/aromatic N) is 1. The SMILES string of the molecule is C=CCOc1c(Cl)cc(/C=C2\C(=O)NC(=O)N(c3ccc(Cl)c(Cl)c3)C2=O)cc1Cl. The van der Waals surface area contributed by atoms with Gasteiger partial charge >= 0.3 is 6.03 Å². The number of rotatable bonds is 5. The number of amides is 4. The number of imide groups is 2. The van der Waals surface area contributed by atoms with Crippen molar-refractivity contribution in [3.05, 3.63) is 74.2 Å². The molecule has 0 saturated carbocycles. The van der Waals surface area contributed by atoms with E-state index in [0.29, 0.717) is 5.56 Å². The maximum atomic E-state index is 12.9. The van der Waals surface area contributed by atoms with Crippen LogP contribution in [-0.4, -0.2) is 24.5 Å². The fourth-order valence-corrected chi connectivity index (χ4v) is 3.53. The number of halogens is 4. The summed E-state index contributed by atoms with van der Waals surface area (Å²) < 4.78 is 5.39. The van der Waals surface area contributed by atoms with Crippen LogP contribution in [0.1, 0.15) is 5.56 Å². The number of urea groups is 1. The highest BCUT2D eigenvalue weighted by Crippen LogP contribution is 2.35. The number of nitrogens with one attached hydrogen (secondary N) is 1. The predicted octanol–water partition coefficient (Wildman–Crippen LogP) is 5.53. The molecule has 1 N–H and O–H groups in total. The lowest BCUT2D eigenvalue weighted by molar-refractivity contribution is -0.122. The molecule has 30 heavy (non-hydrogen) atoms. The molecule has 154 valence electrons. The van der Waals surface area contributed by atoms with Crippen molar-refractivity contribution in [1.82, 2.24) is 5.32 Å². The third kappa shape index (κ3) is 4.47. The van der Waals surface area contributed by atoms with Crippen LogP contribution in [0.3, 0.4) is 0 Å². The van der Waals surface area contributed by atoms with Crippen molar-refractivity contribution in [1.29, 1.82) is 0 Å². The van der Waals surface area contributed by atoms with E-state index in [1.54, 1.807) is 0 Å². The number of carbonyl (C=O) groups excluding carboxylic acids is 3. The molecule has 1 aliphatic heterocycles. The Morgan fingerprint density at radius 1 is 0.967 bits per heavy atom. The van der Waals surface area contributed by atoms with Gasteiger partial charge in [-0.3, -0.25) is 14.9 Å². The van der Waals surface area contributed by atoms with Crippen LogP contribution in [-0.2, 0) is 9.59 Å². The maximum Gasteiger partial charge on any atom is 0.335 e. The minimum atomic E-state index is -0.912. The molecule has 10 heteroatoms. The normalized spacial score (nSPS) is 15.4. The van der Waals surface area contributed by atoms with Crippen molar-refractivity contribution in [3.63, 3.8) is 0 Å². The fourth-order valence-electron chi connectivity index (χ4n) is 2.63. The van der Waals surface area contributed by atoms with E-state index in [0.717, 1.165) is 4.90 Å². The maximum absolute atomic E-state index is 12.9. The summed E-state index contributed by atoms with van der Waals surface area (Å²) >= 11 is 24.2. The van der Waals surface area contributed by atoms with E-state index >= 15 is 0 Å². The van der Waals surface area contributed by atoms with Gasteiger partial charge in [-0.25, -0.2) is 9.69 Å². The lowest BCUT2D eigenvalue weighted by atomic mass is 10.1. The van der Waals surface area contributed by atoms with Gasteiger partial charge in [0.2, 0.25) is 0 Å². The standard InChI is InChI=1S/C20H12Cl4N2O4/c1-2-5-30-17-15(23)7-10(8-16(17)24)6-12-18(27)25-20(29)26(19(12)28)11-3-4-13(21)14(22)9-11/h2-4,6-9H,1,5H2,(H,25,27,29)/b12-6+. The number of ether oxygens (including phenoxy) is 1. The lowest BCUT2D eigenvalue weighted by Gasteiger charge is -2.26. The second kappa shape index (κ2) is 9.10. The molecule has 0 unspecified atom stereocenters. The van der Waals surface area contributed by atoms with Crippen LogP contribution in [0.4, 0.5) is 10.5 Å². The zero-order valence-electron chi connectivity index (χ0n) is 15.0. The average molecular weight is 486 g/mol. The molecule has 2 aromatic carbocycles. The van der Waals surface area contributed by atoms with Crippen LogP contribution >= 0.6 is 46.4 Å². The number of hydrogen-bond donors (Lipinski definition) is 1. The first-order valence-electron chi connectivity index (χ1n) is 8.32. The van der Waals surface area contributed by atoms with Gasteiger partial charge in [-0.05, 0) is 42.0 Å². The summed E-state index contributed by atoms with van der Waals surface area (Å²) in [7, 11) is 0. The third-order valence-corrected chi connectivity index (χ3v) is 5.24.